The van der Waals surface area contributed by atoms with E-state index in [9.17, 15) is 14.7 Å². The molecule has 4 aliphatic rings. The van der Waals surface area contributed by atoms with E-state index in [-0.39, 0.29) is 37.0 Å². The van der Waals surface area contributed by atoms with E-state index >= 15 is 0 Å². The Balaban J connectivity index is 1.70. The van der Waals surface area contributed by atoms with Crippen molar-refractivity contribution in [2.45, 2.75) is 57.5 Å². The van der Waals surface area contributed by atoms with Crippen LogP contribution in [0.1, 0.15) is 51.7 Å². The largest absolute Gasteiger partial charge is 0.472 e. The average molecular weight is 376 g/mol. The highest BCUT2D eigenvalue weighted by Gasteiger charge is 2.83. The molecule has 1 aromatic rings. The van der Waals surface area contributed by atoms with E-state index in [0.29, 0.717) is 12.8 Å². The third kappa shape index (κ3) is 1.71. The van der Waals surface area contributed by atoms with Gasteiger partial charge in [-0.3, -0.25) is 9.59 Å². The monoisotopic (exact) mass is 376 g/mol. The standard InChI is InChI=1S/C20H24O7/c1-11-13-8-14(12-4-7-24-9-12)26-20(23)6-5-17(2)16(22)25-10-19(17,18(13,20)3)27-15(11)21/h4,7,9,11,13-14,23H,5-6,8,10H2,1-3H3/t11-,13-,14+,17+,18+,19+,20-/m1/s1. The first-order valence-electron chi connectivity index (χ1n) is 9.51. The fraction of sp³-hybridized carbons (Fsp3) is 0.700. The summed E-state index contributed by atoms with van der Waals surface area (Å²) in [5, 5.41) is 11.8. The number of hydrogen-bond donors (Lipinski definition) is 1. The van der Waals surface area contributed by atoms with Gasteiger partial charge in [0.15, 0.2) is 11.4 Å². The van der Waals surface area contributed by atoms with Gasteiger partial charge in [-0.15, -0.1) is 0 Å². The van der Waals surface area contributed by atoms with Crippen molar-refractivity contribution < 1.29 is 33.3 Å². The van der Waals surface area contributed by atoms with Gasteiger partial charge in [-0.2, -0.15) is 0 Å². The molecule has 146 valence electrons. The molecule has 0 amide bonds. The summed E-state index contributed by atoms with van der Waals surface area (Å²) in [6.07, 6.45) is 3.90. The SMILES string of the molecule is C[C@H]1C(=O)O[C@@]23COC(=O)[C@]2(C)CC[C@@]2(O)O[C@H](c4ccoc4)C[C@H]1[C@@]32C. The quantitative estimate of drug-likeness (QED) is 0.752. The third-order valence-electron chi connectivity index (χ3n) is 8.07. The van der Waals surface area contributed by atoms with Gasteiger partial charge in [0, 0.05) is 12.0 Å². The van der Waals surface area contributed by atoms with Gasteiger partial charge in [-0.25, -0.2) is 0 Å². The minimum absolute atomic E-state index is 0.0458. The Hall–Kier alpha value is -1.86. The number of rotatable bonds is 1. The molecule has 0 radical (unpaired) electrons. The third-order valence-corrected chi connectivity index (χ3v) is 8.07. The molecule has 1 saturated carbocycles. The van der Waals surface area contributed by atoms with Crippen molar-refractivity contribution >= 4 is 11.9 Å². The lowest BCUT2D eigenvalue weighted by Gasteiger charge is -2.68. The predicted octanol–water partition coefficient (Wildman–Crippen LogP) is 2.34. The second kappa shape index (κ2) is 4.94. The van der Waals surface area contributed by atoms with E-state index in [0.717, 1.165) is 5.56 Å². The summed E-state index contributed by atoms with van der Waals surface area (Å²) >= 11 is 0. The fourth-order valence-electron chi connectivity index (χ4n) is 6.24. The Bertz CT molecular complexity index is 818. The second-order valence-electron chi connectivity index (χ2n) is 8.94. The van der Waals surface area contributed by atoms with Crippen molar-refractivity contribution in [3.8, 4) is 0 Å². The summed E-state index contributed by atoms with van der Waals surface area (Å²) in [6.45, 7) is 5.46. The van der Waals surface area contributed by atoms with E-state index in [1.807, 2.05) is 19.9 Å². The van der Waals surface area contributed by atoms with Crippen LogP contribution in [-0.2, 0) is 23.8 Å². The highest BCUT2D eigenvalue weighted by Crippen LogP contribution is 2.72. The number of ether oxygens (including phenoxy) is 3. The zero-order chi connectivity index (χ0) is 19.2. The second-order valence-corrected chi connectivity index (χ2v) is 8.94. The summed E-state index contributed by atoms with van der Waals surface area (Å²) in [5.74, 6) is -2.92. The van der Waals surface area contributed by atoms with Crippen molar-refractivity contribution in [1.29, 1.82) is 0 Å². The lowest BCUT2D eigenvalue weighted by molar-refractivity contribution is -0.413. The maximum Gasteiger partial charge on any atom is 0.316 e. The molecule has 1 spiro atoms. The van der Waals surface area contributed by atoms with Crippen molar-refractivity contribution in [3.05, 3.63) is 24.2 Å². The van der Waals surface area contributed by atoms with Gasteiger partial charge in [-0.1, -0.05) is 13.8 Å². The molecule has 7 heteroatoms. The molecule has 0 unspecified atom stereocenters. The average Bonchev–Trinajstić information content (AvgIpc) is 3.24. The van der Waals surface area contributed by atoms with Crippen molar-refractivity contribution in [2.24, 2.45) is 22.7 Å². The number of carbonyl (C=O) groups is 2. The molecule has 1 N–H and O–H groups in total. The highest BCUT2D eigenvalue weighted by atomic mass is 16.7. The van der Waals surface area contributed by atoms with Gasteiger partial charge in [0.1, 0.15) is 12.0 Å². The predicted molar refractivity (Wildman–Crippen MR) is 90.0 cm³/mol. The van der Waals surface area contributed by atoms with Gasteiger partial charge < -0.3 is 23.7 Å². The lowest BCUT2D eigenvalue weighted by atomic mass is 9.43. The summed E-state index contributed by atoms with van der Waals surface area (Å²) in [4.78, 5) is 25.5. The Morgan fingerprint density at radius 1 is 1.22 bits per heavy atom. The molecule has 3 saturated heterocycles. The molecule has 4 fully saturated rings. The number of aliphatic hydroxyl groups is 1. The first-order valence-corrected chi connectivity index (χ1v) is 9.51. The Morgan fingerprint density at radius 3 is 2.70 bits per heavy atom. The van der Waals surface area contributed by atoms with Crippen LogP contribution >= 0.6 is 0 Å². The number of hydrogen-bond acceptors (Lipinski definition) is 7. The van der Waals surface area contributed by atoms with Gasteiger partial charge in [-0.05, 0) is 31.7 Å². The van der Waals surface area contributed by atoms with Gasteiger partial charge in [0.05, 0.1) is 30.0 Å². The number of carbonyl (C=O) groups excluding carboxylic acids is 2. The molecule has 0 aromatic carbocycles. The van der Waals surface area contributed by atoms with Crippen molar-refractivity contribution in [1.82, 2.24) is 0 Å². The lowest BCUT2D eigenvalue weighted by Crippen LogP contribution is -2.79. The van der Waals surface area contributed by atoms with Crippen LogP contribution in [0.15, 0.2) is 23.0 Å². The topological polar surface area (TPSA) is 95.2 Å². The van der Waals surface area contributed by atoms with Crippen molar-refractivity contribution in [3.63, 3.8) is 0 Å². The van der Waals surface area contributed by atoms with Crippen LogP contribution in [0.2, 0.25) is 0 Å². The van der Waals surface area contributed by atoms with E-state index in [4.69, 9.17) is 18.6 Å². The summed E-state index contributed by atoms with van der Waals surface area (Å²) < 4.78 is 22.9. The van der Waals surface area contributed by atoms with E-state index in [2.05, 4.69) is 0 Å². The fourth-order valence-corrected chi connectivity index (χ4v) is 6.24. The molecule has 3 aliphatic heterocycles. The minimum Gasteiger partial charge on any atom is -0.472 e. The zero-order valence-electron chi connectivity index (χ0n) is 15.7. The van der Waals surface area contributed by atoms with Crippen LogP contribution < -0.4 is 0 Å². The smallest absolute Gasteiger partial charge is 0.316 e. The number of furan rings is 1. The number of esters is 2. The van der Waals surface area contributed by atoms with Crippen LogP contribution in [0.4, 0.5) is 0 Å². The normalized spacial score (nSPS) is 51.2. The van der Waals surface area contributed by atoms with Crippen LogP contribution in [0.5, 0.6) is 0 Å². The zero-order valence-corrected chi connectivity index (χ0v) is 15.7. The van der Waals surface area contributed by atoms with E-state index in [1.54, 1.807) is 19.5 Å². The molecular weight excluding hydrogens is 352 g/mol. The molecular formula is C20H24O7. The van der Waals surface area contributed by atoms with Crippen LogP contribution in [0.25, 0.3) is 0 Å². The van der Waals surface area contributed by atoms with Gasteiger partial charge in [0.25, 0.3) is 0 Å². The van der Waals surface area contributed by atoms with E-state index in [1.165, 1.54) is 0 Å². The molecule has 7 atom stereocenters. The molecule has 7 nitrogen and oxygen atoms in total. The Labute approximate surface area is 156 Å². The summed E-state index contributed by atoms with van der Waals surface area (Å²) in [7, 11) is 0. The molecule has 27 heavy (non-hydrogen) atoms. The maximum atomic E-state index is 12.8. The highest BCUT2D eigenvalue weighted by molar-refractivity contribution is 5.84. The van der Waals surface area contributed by atoms with Crippen molar-refractivity contribution in [2.75, 3.05) is 6.61 Å². The Kier molecular flexibility index (Phi) is 3.16. The molecule has 4 heterocycles. The van der Waals surface area contributed by atoms with E-state index < -0.39 is 28.1 Å². The van der Waals surface area contributed by atoms with Crippen LogP contribution in [0, 0.1) is 22.7 Å². The molecule has 0 bridgehead atoms. The molecule has 1 aromatic heterocycles. The number of cyclic esters (lactones) is 1. The van der Waals surface area contributed by atoms with Gasteiger partial charge in [0.2, 0.25) is 0 Å². The summed E-state index contributed by atoms with van der Waals surface area (Å²) in [6, 6.07) is 1.81. The van der Waals surface area contributed by atoms with Crippen LogP contribution in [-0.4, -0.2) is 35.0 Å². The molecule has 1 aliphatic carbocycles. The first kappa shape index (κ1) is 17.3. The van der Waals surface area contributed by atoms with Crippen LogP contribution in [0.3, 0.4) is 0 Å². The molecule has 5 rings (SSSR count). The summed E-state index contributed by atoms with van der Waals surface area (Å²) in [5.41, 5.74) is -2.36. The van der Waals surface area contributed by atoms with Gasteiger partial charge >= 0.3 is 11.9 Å². The maximum absolute atomic E-state index is 12.8. The Morgan fingerprint density at radius 2 is 2.00 bits per heavy atom. The first-order chi connectivity index (χ1) is 12.7. The minimum atomic E-state index is -1.54.